The average molecular weight is 233 g/mol. The molecule has 3 heteroatoms. The molecule has 3 nitrogen and oxygen atoms in total. The van der Waals surface area contributed by atoms with Gasteiger partial charge in [0, 0.05) is 0 Å². The number of carbonyl (C=O) groups excluding carboxylic acids is 1. The molecule has 0 radical (unpaired) electrons. The highest BCUT2D eigenvalue weighted by molar-refractivity contribution is 5.73. The third-order valence-corrected chi connectivity index (χ3v) is 6.85. The van der Waals surface area contributed by atoms with E-state index in [1.54, 1.807) is 0 Å². The van der Waals surface area contributed by atoms with E-state index in [0.717, 1.165) is 40.9 Å². The van der Waals surface area contributed by atoms with Crippen LogP contribution in [0.25, 0.3) is 0 Å². The van der Waals surface area contributed by atoms with E-state index >= 15 is 0 Å². The van der Waals surface area contributed by atoms with Crippen molar-refractivity contribution >= 4 is 6.09 Å². The van der Waals surface area contributed by atoms with Crippen molar-refractivity contribution in [2.24, 2.45) is 40.9 Å². The molecule has 0 saturated heterocycles. The van der Waals surface area contributed by atoms with Crippen LogP contribution in [0.1, 0.15) is 27.7 Å². The minimum absolute atomic E-state index is 0.196. The van der Waals surface area contributed by atoms with Gasteiger partial charge in [0.25, 0.3) is 0 Å². The molecule has 17 heavy (non-hydrogen) atoms. The molecule has 6 rings (SSSR count). The number of hydrogen-bond donors (Lipinski definition) is 1. The van der Waals surface area contributed by atoms with Crippen LogP contribution < -0.4 is 5.32 Å². The van der Waals surface area contributed by atoms with Crippen molar-refractivity contribution in [3.05, 3.63) is 0 Å². The lowest BCUT2D eigenvalue weighted by atomic mass is 8.94. The van der Waals surface area contributed by atoms with Crippen molar-refractivity contribution in [2.45, 2.75) is 38.8 Å². The minimum Gasteiger partial charge on any atom is -0.444 e. The molecular weight excluding hydrogens is 214 g/mol. The van der Waals surface area contributed by atoms with Gasteiger partial charge in [-0.25, -0.2) is 4.79 Å². The van der Waals surface area contributed by atoms with E-state index in [1.165, 1.54) is 0 Å². The highest BCUT2D eigenvalue weighted by atomic mass is 16.6. The molecule has 0 heterocycles. The number of rotatable bonds is 1. The van der Waals surface area contributed by atoms with Gasteiger partial charge in [-0.2, -0.15) is 0 Å². The maximum atomic E-state index is 11.9. The van der Waals surface area contributed by atoms with Gasteiger partial charge in [0.15, 0.2) is 0 Å². The molecule has 1 N–H and O–H groups in total. The van der Waals surface area contributed by atoms with Crippen LogP contribution in [0.5, 0.6) is 0 Å². The molecule has 1 amide bonds. The van der Waals surface area contributed by atoms with Crippen molar-refractivity contribution in [3.63, 3.8) is 0 Å². The van der Waals surface area contributed by atoms with E-state index in [2.05, 4.69) is 12.2 Å². The zero-order chi connectivity index (χ0) is 12.0. The highest BCUT2D eigenvalue weighted by Gasteiger charge is 3.09. The quantitative estimate of drug-likeness (QED) is 0.752. The van der Waals surface area contributed by atoms with Crippen LogP contribution in [0.4, 0.5) is 4.79 Å². The van der Waals surface area contributed by atoms with E-state index < -0.39 is 0 Å². The number of hydrogen-bond acceptors (Lipinski definition) is 2. The minimum atomic E-state index is -0.380. The number of ether oxygens (including phenoxy) is 1. The molecule has 0 aromatic rings. The summed E-state index contributed by atoms with van der Waals surface area (Å²) in [6.07, 6.45) is -0.196. The zero-order valence-electron chi connectivity index (χ0n) is 10.8. The highest BCUT2D eigenvalue weighted by Crippen LogP contribution is 3.06. The summed E-state index contributed by atoms with van der Waals surface area (Å²) < 4.78 is 5.39. The second-order valence-corrected chi connectivity index (χ2v) is 8.08. The fourth-order valence-electron chi connectivity index (χ4n) is 6.80. The van der Waals surface area contributed by atoms with Gasteiger partial charge < -0.3 is 10.1 Å². The van der Waals surface area contributed by atoms with Crippen LogP contribution in [0.2, 0.25) is 0 Å². The Bertz CT molecular complexity index is 422. The van der Waals surface area contributed by atoms with Crippen LogP contribution in [-0.4, -0.2) is 17.2 Å². The fraction of sp³-hybridized carbons (Fsp3) is 0.929. The molecule has 0 aromatic heterocycles. The molecule has 0 aromatic carbocycles. The molecule has 92 valence electrons. The Balaban J connectivity index is 1.34. The third-order valence-electron chi connectivity index (χ3n) is 6.85. The maximum absolute atomic E-state index is 11.9. The van der Waals surface area contributed by atoms with Gasteiger partial charge in [-0.05, 0) is 61.7 Å². The molecule has 0 bridgehead atoms. The van der Waals surface area contributed by atoms with E-state index in [1.807, 2.05) is 20.8 Å². The number of carbonyl (C=O) groups is 1. The van der Waals surface area contributed by atoms with Gasteiger partial charge in [0.05, 0.1) is 5.54 Å². The predicted molar refractivity (Wildman–Crippen MR) is 61.1 cm³/mol. The van der Waals surface area contributed by atoms with Crippen molar-refractivity contribution in [2.75, 3.05) is 0 Å². The second-order valence-electron chi connectivity index (χ2n) is 8.08. The number of nitrogens with one attached hydrogen (secondary N) is 1. The molecule has 6 aliphatic rings. The Labute approximate surface area is 101 Å². The predicted octanol–water partition coefficient (Wildman–Crippen LogP) is 2.02. The molecule has 6 saturated carbocycles. The summed E-state index contributed by atoms with van der Waals surface area (Å²) >= 11 is 0. The summed E-state index contributed by atoms with van der Waals surface area (Å²) in [5, 5.41) is 3.22. The van der Waals surface area contributed by atoms with E-state index in [4.69, 9.17) is 4.74 Å². The fourth-order valence-corrected chi connectivity index (χ4v) is 6.80. The molecule has 0 spiro atoms. The normalized spacial score (nSPS) is 66.4. The van der Waals surface area contributed by atoms with Crippen LogP contribution in [0.15, 0.2) is 0 Å². The monoisotopic (exact) mass is 233 g/mol. The lowest BCUT2D eigenvalue weighted by Crippen LogP contribution is -3.14. The van der Waals surface area contributed by atoms with Crippen LogP contribution in [0, 0.1) is 40.9 Å². The summed E-state index contributed by atoms with van der Waals surface area (Å²) in [4.78, 5) is 11.9. The SMILES string of the molecule is CC(C)(C)OC(=O)NC12C3C4C1C1C2C3C41C. The molecule has 6 fully saturated rings. The average Bonchev–Trinajstić information content (AvgIpc) is 2.20. The number of alkyl carbamates (subject to hydrolysis) is 1. The van der Waals surface area contributed by atoms with Gasteiger partial charge in [-0.15, -0.1) is 0 Å². The van der Waals surface area contributed by atoms with Gasteiger partial charge in [0.1, 0.15) is 5.60 Å². The maximum Gasteiger partial charge on any atom is 0.408 e. The van der Waals surface area contributed by atoms with Crippen LogP contribution in [0.3, 0.4) is 0 Å². The smallest absolute Gasteiger partial charge is 0.408 e. The van der Waals surface area contributed by atoms with E-state index in [9.17, 15) is 4.79 Å². The van der Waals surface area contributed by atoms with Crippen LogP contribution >= 0.6 is 0 Å². The Morgan fingerprint density at radius 1 is 1.06 bits per heavy atom. The first kappa shape index (κ1) is 9.23. The molecule has 6 aliphatic carbocycles. The zero-order valence-corrected chi connectivity index (χ0v) is 10.8. The molecule has 0 unspecified atom stereocenters. The third kappa shape index (κ3) is 0.560. The first-order chi connectivity index (χ1) is 7.83. The van der Waals surface area contributed by atoms with Crippen molar-refractivity contribution in [1.29, 1.82) is 0 Å². The van der Waals surface area contributed by atoms with Crippen molar-refractivity contribution < 1.29 is 9.53 Å². The van der Waals surface area contributed by atoms with Gasteiger partial charge in [0.2, 0.25) is 0 Å². The van der Waals surface area contributed by atoms with E-state index in [0.29, 0.717) is 0 Å². The van der Waals surface area contributed by atoms with Gasteiger partial charge in [-0.1, -0.05) is 6.92 Å². The Morgan fingerprint density at radius 2 is 1.53 bits per heavy atom. The van der Waals surface area contributed by atoms with Gasteiger partial charge >= 0.3 is 6.09 Å². The Hall–Kier alpha value is -0.730. The topological polar surface area (TPSA) is 38.3 Å². The van der Waals surface area contributed by atoms with E-state index in [-0.39, 0.29) is 17.2 Å². The van der Waals surface area contributed by atoms with Crippen molar-refractivity contribution in [1.82, 2.24) is 5.32 Å². The summed E-state index contributed by atoms with van der Waals surface area (Å²) in [5.41, 5.74) is 0.548. The Morgan fingerprint density at radius 3 is 1.94 bits per heavy atom. The first-order valence-electron chi connectivity index (χ1n) is 6.84. The molecule has 0 atom stereocenters. The summed E-state index contributed by atoms with van der Waals surface area (Å²) in [5.74, 6) is 5.33. The summed E-state index contributed by atoms with van der Waals surface area (Å²) in [6.45, 7) is 8.24. The van der Waals surface area contributed by atoms with Crippen LogP contribution in [-0.2, 0) is 4.74 Å². The Kier molecular flexibility index (Phi) is 1.04. The second kappa shape index (κ2) is 1.92. The summed E-state index contributed by atoms with van der Waals surface area (Å²) in [7, 11) is 0. The van der Waals surface area contributed by atoms with Crippen molar-refractivity contribution in [3.8, 4) is 0 Å². The summed E-state index contributed by atoms with van der Waals surface area (Å²) in [6, 6.07) is 0. The molecule has 0 aliphatic heterocycles. The van der Waals surface area contributed by atoms with Gasteiger partial charge in [-0.3, -0.25) is 0 Å². The first-order valence-corrected chi connectivity index (χ1v) is 6.84. The number of amides is 1. The largest absolute Gasteiger partial charge is 0.444 e. The lowest BCUT2D eigenvalue weighted by molar-refractivity contribution is -0.620. The standard InChI is InChI=1S/C14H19NO2/c1-12(2,3)17-11(16)15-14-8-5-9(14)7-10(14)6(8)13(5,7)4/h5-10H,1-4H3,(H,15,16). The lowest BCUT2D eigenvalue weighted by Gasteiger charge is -3.10. The molecular formula is C14H19NO2.